The van der Waals surface area contributed by atoms with E-state index in [-0.39, 0.29) is 0 Å². The largest absolute Gasteiger partial charge is 0.490 e. The first-order chi connectivity index (χ1) is 13.8. The summed E-state index contributed by atoms with van der Waals surface area (Å²) in [4.78, 5) is 15.6. The number of carboxylic acids is 1. The smallest absolute Gasteiger partial charge is 0.475 e. The lowest BCUT2D eigenvalue weighted by Crippen LogP contribution is -2.29. The van der Waals surface area contributed by atoms with Gasteiger partial charge in [-0.15, -0.1) is 10.2 Å². The number of hydrogen-bond donors (Lipinski definition) is 1. The van der Waals surface area contributed by atoms with E-state index in [1.807, 2.05) is 18.2 Å². The molecule has 8 nitrogen and oxygen atoms in total. The van der Waals surface area contributed by atoms with Crippen molar-refractivity contribution in [2.45, 2.75) is 38.6 Å². The fourth-order valence-corrected chi connectivity index (χ4v) is 2.95. The van der Waals surface area contributed by atoms with E-state index in [4.69, 9.17) is 14.6 Å². The summed E-state index contributed by atoms with van der Waals surface area (Å²) >= 11 is 0. The fourth-order valence-electron chi connectivity index (χ4n) is 2.95. The second-order valence-electron chi connectivity index (χ2n) is 6.94. The third-order valence-corrected chi connectivity index (χ3v) is 4.64. The van der Waals surface area contributed by atoms with Crippen molar-refractivity contribution in [3.8, 4) is 5.88 Å². The van der Waals surface area contributed by atoms with E-state index in [9.17, 15) is 13.2 Å². The van der Waals surface area contributed by atoms with Crippen molar-refractivity contribution >= 4 is 5.97 Å². The Morgan fingerprint density at radius 1 is 1.21 bits per heavy atom. The highest BCUT2D eigenvalue weighted by molar-refractivity contribution is 5.73. The lowest BCUT2D eigenvalue weighted by molar-refractivity contribution is -0.192. The maximum absolute atomic E-state index is 10.6. The fraction of sp³-hybridized carbons (Fsp3) is 0.556. The molecule has 0 unspecified atom stereocenters. The van der Waals surface area contributed by atoms with Gasteiger partial charge in [-0.05, 0) is 24.8 Å². The van der Waals surface area contributed by atoms with Gasteiger partial charge in [-0.25, -0.2) is 9.78 Å². The van der Waals surface area contributed by atoms with Gasteiger partial charge in [0.05, 0.1) is 0 Å². The van der Waals surface area contributed by atoms with Crippen LogP contribution in [0.25, 0.3) is 0 Å². The highest BCUT2D eigenvalue weighted by Crippen LogP contribution is 2.30. The molecule has 1 aliphatic carbocycles. The minimum atomic E-state index is -5.08. The van der Waals surface area contributed by atoms with E-state index in [1.165, 1.54) is 19.4 Å². The van der Waals surface area contributed by atoms with Gasteiger partial charge in [-0.2, -0.15) is 13.2 Å². The van der Waals surface area contributed by atoms with E-state index in [2.05, 4.69) is 24.6 Å². The molecular weight excluding hydrogens is 391 g/mol. The maximum atomic E-state index is 10.6. The molecule has 0 bridgehead atoms. The Kier molecular flexibility index (Phi) is 6.68. The maximum Gasteiger partial charge on any atom is 0.490 e. The molecule has 0 radical (unpaired) electrons. The summed E-state index contributed by atoms with van der Waals surface area (Å²) in [5.41, 5.74) is 0. The van der Waals surface area contributed by atoms with Crippen LogP contribution in [0, 0.1) is 5.92 Å². The number of hydrogen-bond acceptors (Lipinski definition) is 6. The van der Waals surface area contributed by atoms with Crippen LogP contribution >= 0.6 is 0 Å². The summed E-state index contributed by atoms with van der Waals surface area (Å²) in [6.07, 6.45) is 0.441. The van der Waals surface area contributed by atoms with Gasteiger partial charge < -0.3 is 19.3 Å². The zero-order chi connectivity index (χ0) is 20.9. The van der Waals surface area contributed by atoms with Gasteiger partial charge in [0.1, 0.15) is 12.4 Å². The van der Waals surface area contributed by atoms with Gasteiger partial charge in [0.2, 0.25) is 5.88 Å². The number of alkyl halides is 3. The molecule has 0 atom stereocenters. The van der Waals surface area contributed by atoms with Crippen LogP contribution in [0.3, 0.4) is 0 Å². The molecule has 4 rings (SSSR count). The third kappa shape index (κ3) is 6.41. The molecule has 0 spiro atoms. The first-order valence-corrected chi connectivity index (χ1v) is 9.30. The molecule has 1 fully saturated rings. The second kappa shape index (κ2) is 9.21. The molecule has 3 heterocycles. The number of aromatic nitrogens is 4. The number of nitrogens with zero attached hydrogens (tertiary/aromatic N) is 5. The standard InChI is InChI=1S/C16H21N5O.C2HF3O2/c1-2-7-17-16(3-1)22-12-15-19-18-14-6-8-20(9-10-21(14)15)11-13-4-5-13;3-2(4,5)1(6)7/h1-3,7,13H,4-6,8-12H2;(H,6,7). The van der Waals surface area contributed by atoms with Crippen LogP contribution in [0.15, 0.2) is 24.4 Å². The number of ether oxygens (including phenoxy) is 1. The third-order valence-electron chi connectivity index (χ3n) is 4.64. The second-order valence-corrected chi connectivity index (χ2v) is 6.94. The average molecular weight is 413 g/mol. The van der Waals surface area contributed by atoms with Crippen LogP contribution in [-0.4, -0.2) is 61.5 Å². The van der Waals surface area contributed by atoms with Crippen LogP contribution in [-0.2, 0) is 24.4 Å². The summed E-state index contributed by atoms with van der Waals surface area (Å²) in [5.74, 6) is 0.790. The van der Waals surface area contributed by atoms with Crippen LogP contribution in [0.2, 0.25) is 0 Å². The van der Waals surface area contributed by atoms with Gasteiger partial charge in [0.15, 0.2) is 5.82 Å². The van der Waals surface area contributed by atoms with E-state index < -0.39 is 12.1 Å². The SMILES string of the molecule is O=C(O)C(F)(F)F.c1ccc(OCc2nnc3n2CCN(CC2CC2)CC3)nc1. The molecular formula is C18H22F3N5O3. The van der Waals surface area contributed by atoms with E-state index in [0.717, 1.165) is 43.6 Å². The first kappa shape index (κ1) is 21.0. The summed E-state index contributed by atoms with van der Waals surface area (Å²) in [6, 6.07) is 5.66. The zero-order valence-corrected chi connectivity index (χ0v) is 15.7. The van der Waals surface area contributed by atoms with Gasteiger partial charge in [-0.3, -0.25) is 0 Å². The van der Waals surface area contributed by atoms with Crippen LogP contribution in [0.4, 0.5) is 13.2 Å². The zero-order valence-electron chi connectivity index (χ0n) is 15.7. The summed E-state index contributed by atoms with van der Waals surface area (Å²) in [7, 11) is 0. The quantitative estimate of drug-likeness (QED) is 0.803. The van der Waals surface area contributed by atoms with Crippen molar-refractivity contribution in [2.24, 2.45) is 5.92 Å². The minimum absolute atomic E-state index is 0.423. The van der Waals surface area contributed by atoms with Crippen LogP contribution in [0.5, 0.6) is 5.88 Å². The van der Waals surface area contributed by atoms with Gasteiger partial charge >= 0.3 is 12.1 Å². The van der Waals surface area contributed by atoms with Crippen molar-refractivity contribution < 1.29 is 27.8 Å². The van der Waals surface area contributed by atoms with Gasteiger partial charge in [0.25, 0.3) is 0 Å². The van der Waals surface area contributed by atoms with Crippen molar-refractivity contribution in [1.82, 2.24) is 24.6 Å². The van der Waals surface area contributed by atoms with Gasteiger partial charge in [-0.1, -0.05) is 6.07 Å². The lowest BCUT2D eigenvalue weighted by Gasteiger charge is -2.18. The van der Waals surface area contributed by atoms with E-state index >= 15 is 0 Å². The Morgan fingerprint density at radius 3 is 2.59 bits per heavy atom. The highest BCUT2D eigenvalue weighted by Gasteiger charge is 2.38. The van der Waals surface area contributed by atoms with Crippen LogP contribution in [0.1, 0.15) is 24.5 Å². The van der Waals surface area contributed by atoms with E-state index in [0.29, 0.717) is 12.5 Å². The molecule has 0 saturated heterocycles. The van der Waals surface area contributed by atoms with Crippen molar-refractivity contribution in [1.29, 1.82) is 0 Å². The predicted molar refractivity (Wildman–Crippen MR) is 95.1 cm³/mol. The number of fused-ring (bicyclic) bond motifs is 1. The molecule has 0 aromatic carbocycles. The molecule has 2 aromatic rings. The number of carbonyl (C=O) groups is 1. The molecule has 0 amide bonds. The summed E-state index contributed by atoms with van der Waals surface area (Å²) in [6.45, 7) is 4.80. The Morgan fingerprint density at radius 2 is 1.97 bits per heavy atom. The molecule has 11 heteroatoms. The Bertz CT molecular complexity index is 809. The van der Waals surface area contributed by atoms with Crippen molar-refractivity contribution in [3.05, 3.63) is 36.0 Å². The van der Waals surface area contributed by atoms with E-state index in [1.54, 1.807) is 6.20 Å². The number of aliphatic carboxylic acids is 1. The molecule has 2 aromatic heterocycles. The van der Waals surface area contributed by atoms with Crippen molar-refractivity contribution in [2.75, 3.05) is 19.6 Å². The number of rotatable bonds is 5. The highest BCUT2D eigenvalue weighted by atomic mass is 19.4. The first-order valence-electron chi connectivity index (χ1n) is 9.30. The van der Waals surface area contributed by atoms with Crippen molar-refractivity contribution in [3.63, 3.8) is 0 Å². The number of halogens is 3. The van der Waals surface area contributed by atoms with Crippen LogP contribution < -0.4 is 4.74 Å². The normalized spacial score (nSPS) is 16.9. The predicted octanol–water partition coefficient (Wildman–Crippen LogP) is 2.15. The molecule has 158 valence electrons. The lowest BCUT2D eigenvalue weighted by atomic mass is 10.3. The number of pyridine rings is 1. The summed E-state index contributed by atoms with van der Waals surface area (Å²) in [5, 5.41) is 15.8. The Balaban J connectivity index is 0.000000298. The van der Waals surface area contributed by atoms with Gasteiger partial charge in [0, 0.05) is 44.9 Å². The average Bonchev–Trinajstić information content (AvgIpc) is 3.45. The Labute approximate surface area is 165 Å². The molecule has 29 heavy (non-hydrogen) atoms. The topological polar surface area (TPSA) is 93.4 Å². The monoisotopic (exact) mass is 413 g/mol. The molecule has 1 N–H and O–H groups in total. The molecule has 1 saturated carbocycles. The molecule has 2 aliphatic rings. The summed E-state index contributed by atoms with van der Waals surface area (Å²) < 4.78 is 39.7. The molecule has 1 aliphatic heterocycles. The number of carboxylic acid groups (broad SMARTS) is 1. The minimum Gasteiger partial charge on any atom is -0.475 e. The Hall–Kier alpha value is -2.69.